The van der Waals surface area contributed by atoms with E-state index in [4.69, 9.17) is 11.1 Å². The van der Waals surface area contributed by atoms with E-state index in [0.29, 0.717) is 6.42 Å². The number of nitrogens with two attached hydrogens (primary N) is 1. The zero-order valence-corrected chi connectivity index (χ0v) is 8.08. The molecule has 0 saturated carbocycles. The van der Waals surface area contributed by atoms with Gasteiger partial charge in [-0.2, -0.15) is 11.8 Å². The van der Waals surface area contributed by atoms with Crippen LogP contribution < -0.4 is 5.73 Å². The fourth-order valence-electron chi connectivity index (χ4n) is 0.670. The Morgan fingerprint density at radius 3 is 2.64 bits per heavy atom. The van der Waals surface area contributed by atoms with E-state index in [1.165, 1.54) is 0 Å². The first-order valence-electron chi connectivity index (χ1n) is 3.67. The Bertz CT molecular complexity index is 116. The van der Waals surface area contributed by atoms with Crippen molar-refractivity contribution in [2.45, 2.75) is 6.42 Å². The molecule has 0 aromatic heterocycles. The lowest BCUT2D eigenvalue weighted by Crippen LogP contribution is -2.26. The van der Waals surface area contributed by atoms with Crippen molar-refractivity contribution in [3.05, 3.63) is 0 Å². The lowest BCUT2D eigenvalue weighted by molar-refractivity contribution is 0.366. The monoisotopic (exact) mass is 175 g/mol. The van der Waals surface area contributed by atoms with Gasteiger partial charge in [-0.05, 0) is 13.3 Å². The lowest BCUT2D eigenvalue weighted by atomic mass is 10.4. The highest BCUT2D eigenvalue weighted by Gasteiger charge is 1.97. The van der Waals surface area contributed by atoms with Crippen molar-refractivity contribution < 1.29 is 0 Å². The van der Waals surface area contributed by atoms with Crippen molar-refractivity contribution in [2.24, 2.45) is 5.73 Å². The number of nitrogens with zero attached hydrogens (tertiary/aromatic N) is 1. The highest BCUT2D eigenvalue weighted by atomic mass is 32.2. The average Bonchev–Trinajstić information content (AvgIpc) is 1.97. The van der Waals surface area contributed by atoms with Crippen LogP contribution in [-0.2, 0) is 0 Å². The molecule has 0 radical (unpaired) electrons. The maximum absolute atomic E-state index is 7.01. The van der Waals surface area contributed by atoms with Crippen LogP contribution in [0.3, 0.4) is 0 Å². The standard InChI is InChI=1S/C7H17N3S/c1-10(5-6-11-2)4-3-7(8)9/h3-6H2,1-2H3,(H3,8,9). The summed E-state index contributed by atoms with van der Waals surface area (Å²) in [6, 6.07) is 0. The molecule has 0 saturated heterocycles. The van der Waals surface area contributed by atoms with E-state index in [-0.39, 0.29) is 5.84 Å². The number of hydrogen-bond acceptors (Lipinski definition) is 3. The van der Waals surface area contributed by atoms with Crippen molar-refractivity contribution >= 4 is 17.6 Å². The molecule has 3 N–H and O–H groups in total. The van der Waals surface area contributed by atoms with Gasteiger partial charge in [0.05, 0.1) is 5.84 Å². The lowest BCUT2D eigenvalue weighted by Gasteiger charge is -2.14. The molecule has 0 rings (SSSR count). The van der Waals surface area contributed by atoms with Crippen molar-refractivity contribution in [1.82, 2.24) is 4.90 Å². The van der Waals surface area contributed by atoms with Crippen molar-refractivity contribution in [1.29, 1.82) is 5.41 Å². The van der Waals surface area contributed by atoms with Gasteiger partial charge in [0.15, 0.2) is 0 Å². The molecule has 0 bridgehead atoms. The van der Waals surface area contributed by atoms with Crippen LogP contribution in [0.2, 0.25) is 0 Å². The smallest absolute Gasteiger partial charge is 0.0918 e. The van der Waals surface area contributed by atoms with Crippen LogP contribution >= 0.6 is 11.8 Å². The van der Waals surface area contributed by atoms with Gasteiger partial charge < -0.3 is 10.6 Å². The zero-order valence-electron chi connectivity index (χ0n) is 7.26. The molecule has 0 atom stereocenters. The van der Waals surface area contributed by atoms with Crippen molar-refractivity contribution in [3.63, 3.8) is 0 Å². The summed E-state index contributed by atoms with van der Waals surface area (Å²) < 4.78 is 0. The van der Waals surface area contributed by atoms with Gasteiger partial charge in [-0.15, -0.1) is 0 Å². The summed E-state index contributed by atoms with van der Waals surface area (Å²) >= 11 is 1.84. The van der Waals surface area contributed by atoms with E-state index in [1.54, 1.807) is 0 Å². The van der Waals surface area contributed by atoms with E-state index in [2.05, 4.69) is 18.2 Å². The summed E-state index contributed by atoms with van der Waals surface area (Å²) in [5.41, 5.74) is 5.22. The number of rotatable bonds is 6. The van der Waals surface area contributed by atoms with Crippen LogP contribution in [0.5, 0.6) is 0 Å². The highest BCUT2D eigenvalue weighted by molar-refractivity contribution is 7.98. The Morgan fingerprint density at radius 1 is 1.55 bits per heavy atom. The zero-order chi connectivity index (χ0) is 8.69. The maximum atomic E-state index is 7.01. The molecule has 0 aliphatic carbocycles. The minimum Gasteiger partial charge on any atom is -0.388 e. The third-order valence-corrected chi connectivity index (χ3v) is 2.03. The summed E-state index contributed by atoms with van der Waals surface area (Å²) in [5, 5.41) is 7.01. The largest absolute Gasteiger partial charge is 0.388 e. The molecule has 0 amide bonds. The Balaban J connectivity index is 3.22. The number of hydrogen-bond donors (Lipinski definition) is 2. The second kappa shape index (κ2) is 6.49. The van der Waals surface area contributed by atoms with Gasteiger partial charge in [0.2, 0.25) is 0 Å². The average molecular weight is 175 g/mol. The normalized spacial score (nSPS) is 10.5. The first kappa shape index (κ1) is 10.8. The predicted octanol–water partition coefficient (Wildman–Crippen LogP) is 0.607. The fraction of sp³-hybridized carbons (Fsp3) is 0.857. The van der Waals surface area contributed by atoms with Gasteiger partial charge in [0, 0.05) is 25.3 Å². The van der Waals surface area contributed by atoms with E-state index in [0.717, 1.165) is 18.8 Å². The Kier molecular flexibility index (Phi) is 6.36. The van der Waals surface area contributed by atoms with Crippen LogP contribution in [0.4, 0.5) is 0 Å². The Morgan fingerprint density at radius 2 is 2.18 bits per heavy atom. The molecule has 0 aliphatic rings. The molecule has 3 nitrogen and oxygen atoms in total. The first-order valence-corrected chi connectivity index (χ1v) is 5.06. The molecule has 4 heteroatoms. The molecule has 0 heterocycles. The van der Waals surface area contributed by atoms with E-state index >= 15 is 0 Å². The molecule has 0 aromatic rings. The van der Waals surface area contributed by atoms with Crippen LogP contribution in [0.1, 0.15) is 6.42 Å². The van der Waals surface area contributed by atoms with Crippen molar-refractivity contribution in [3.8, 4) is 0 Å². The van der Waals surface area contributed by atoms with Gasteiger partial charge in [-0.1, -0.05) is 0 Å². The molecule has 0 fully saturated rings. The quantitative estimate of drug-likeness (QED) is 0.459. The molecule has 0 unspecified atom stereocenters. The number of nitrogens with one attached hydrogen (secondary N) is 1. The fourth-order valence-corrected chi connectivity index (χ4v) is 1.16. The molecule has 0 aromatic carbocycles. The molecule has 0 spiro atoms. The first-order chi connectivity index (χ1) is 5.16. The highest BCUT2D eigenvalue weighted by Crippen LogP contribution is 1.93. The van der Waals surface area contributed by atoms with Gasteiger partial charge in [0.25, 0.3) is 0 Å². The second-order valence-corrected chi connectivity index (χ2v) is 3.56. The van der Waals surface area contributed by atoms with Gasteiger partial charge in [0.1, 0.15) is 0 Å². The van der Waals surface area contributed by atoms with Gasteiger partial charge in [-0.25, -0.2) is 0 Å². The Labute approximate surface area is 72.8 Å². The molecule has 0 aliphatic heterocycles. The predicted molar refractivity (Wildman–Crippen MR) is 52.4 cm³/mol. The summed E-state index contributed by atoms with van der Waals surface area (Å²) in [6.45, 7) is 1.98. The number of amidine groups is 1. The summed E-state index contributed by atoms with van der Waals surface area (Å²) in [5.74, 6) is 1.43. The summed E-state index contributed by atoms with van der Waals surface area (Å²) in [6.07, 6.45) is 2.78. The third-order valence-electron chi connectivity index (χ3n) is 1.44. The SMILES string of the molecule is CSCCN(C)CCC(=N)N. The van der Waals surface area contributed by atoms with Gasteiger partial charge in [-0.3, -0.25) is 5.41 Å². The summed E-state index contributed by atoms with van der Waals surface area (Å²) in [7, 11) is 2.05. The molecular weight excluding hydrogens is 158 g/mol. The maximum Gasteiger partial charge on any atom is 0.0918 e. The molecular formula is C7H17N3S. The summed E-state index contributed by atoms with van der Waals surface area (Å²) in [4.78, 5) is 2.19. The van der Waals surface area contributed by atoms with Crippen LogP contribution in [-0.4, -0.2) is 42.9 Å². The Hall–Kier alpha value is -0.220. The number of thioether (sulfide) groups is 1. The minimum absolute atomic E-state index is 0.279. The van der Waals surface area contributed by atoms with E-state index in [1.807, 2.05) is 11.8 Å². The van der Waals surface area contributed by atoms with Crippen molar-refractivity contribution in [2.75, 3.05) is 32.1 Å². The third kappa shape index (κ3) is 7.68. The topological polar surface area (TPSA) is 53.1 Å². The van der Waals surface area contributed by atoms with E-state index in [9.17, 15) is 0 Å². The molecule has 11 heavy (non-hydrogen) atoms. The van der Waals surface area contributed by atoms with Crippen LogP contribution in [0, 0.1) is 5.41 Å². The van der Waals surface area contributed by atoms with Crippen LogP contribution in [0.25, 0.3) is 0 Å². The minimum atomic E-state index is 0.279. The molecule has 66 valence electrons. The van der Waals surface area contributed by atoms with Gasteiger partial charge >= 0.3 is 0 Å². The second-order valence-electron chi connectivity index (χ2n) is 2.57. The van der Waals surface area contributed by atoms with E-state index < -0.39 is 0 Å². The van der Waals surface area contributed by atoms with Crippen LogP contribution in [0.15, 0.2) is 0 Å².